The summed E-state index contributed by atoms with van der Waals surface area (Å²) in [6.07, 6.45) is 5.61. The van der Waals surface area contributed by atoms with Gasteiger partial charge >= 0.3 is 0 Å². The van der Waals surface area contributed by atoms with E-state index in [1.165, 1.54) is 0 Å². The summed E-state index contributed by atoms with van der Waals surface area (Å²) in [5.74, 6) is -0.189. The Kier molecular flexibility index (Phi) is 6.92. The average molecular weight is 471 g/mol. The lowest BCUT2D eigenvalue weighted by molar-refractivity contribution is 0.0952. The maximum absolute atomic E-state index is 13.6. The van der Waals surface area contributed by atoms with Crippen LogP contribution in [0.2, 0.25) is 0 Å². The van der Waals surface area contributed by atoms with Crippen LogP contribution in [0.1, 0.15) is 71.7 Å². The van der Waals surface area contributed by atoms with Crippen molar-refractivity contribution in [3.05, 3.63) is 86.7 Å². The minimum absolute atomic E-state index is 0.138. The van der Waals surface area contributed by atoms with Gasteiger partial charge in [-0.15, -0.1) is 0 Å². The number of aryl methyl sites for hydroxylation is 4. The maximum atomic E-state index is 13.6. The highest BCUT2D eigenvalue weighted by Gasteiger charge is 2.20. The molecule has 0 bridgehead atoms. The number of nitrogens with zero attached hydrogens (tertiary/aromatic N) is 2. The molecule has 35 heavy (non-hydrogen) atoms. The summed E-state index contributed by atoms with van der Waals surface area (Å²) in [4.78, 5) is 33.6. The lowest BCUT2D eigenvalue weighted by Crippen LogP contribution is -2.28. The molecule has 0 aliphatic rings. The predicted molar refractivity (Wildman–Crippen MR) is 142 cm³/mol. The molecule has 6 heteroatoms. The average Bonchev–Trinajstić information content (AvgIpc) is 3.15. The molecule has 0 unspecified atom stereocenters. The summed E-state index contributed by atoms with van der Waals surface area (Å²) in [7, 11) is 0. The first-order chi connectivity index (χ1) is 16.7. The summed E-state index contributed by atoms with van der Waals surface area (Å²) in [5.41, 5.74) is 7.84. The lowest BCUT2D eigenvalue weighted by Gasteiger charge is -2.15. The van der Waals surface area contributed by atoms with Gasteiger partial charge in [-0.3, -0.25) is 14.6 Å². The number of hydrogen-bond donors (Lipinski definition) is 2. The standard InChI is InChI=1S/C29H34N4O2/c1-7-9-21-12-19(5)32-29(35)25(21)15-31-28(34)24-13-22(23-10-8-11-30-20(23)6)14-26-27(24)18(4)16-33(26)17(2)3/h8,10-14,16-17H,7,9,15H2,1-6H3,(H,31,34)(H,32,35). The number of hydrogen-bond acceptors (Lipinski definition) is 3. The topological polar surface area (TPSA) is 79.8 Å². The van der Waals surface area contributed by atoms with E-state index in [1.807, 2.05) is 45.0 Å². The van der Waals surface area contributed by atoms with Gasteiger partial charge in [0.2, 0.25) is 0 Å². The van der Waals surface area contributed by atoms with Crippen molar-refractivity contribution < 1.29 is 4.79 Å². The fraction of sp³-hybridized carbons (Fsp3) is 0.345. The number of nitrogens with one attached hydrogen (secondary N) is 2. The molecular weight excluding hydrogens is 436 g/mol. The number of pyridine rings is 2. The number of aromatic nitrogens is 3. The van der Waals surface area contributed by atoms with E-state index in [1.54, 1.807) is 6.20 Å². The van der Waals surface area contributed by atoms with E-state index in [4.69, 9.17) is 0 Å². The van der Waals surface area contributed by atoms with Gasteiger partial charge in [0.1, 0.15) is 0 Å². The molecule has 0 aliphatic carbocycles. The predicted octanol–water partition coefficient (Wildman–Crippen LogP) is 5.78. The van der Waals surface area contributed by atoms with Crippen LogP contribution in [0.4, 0.5) is 0 Å². The summed E-state index contributed by atoms with van der Waals surface area (Å²) >= 11 is 0. The Morgan fingerprint density at radius 1 is 1.17 bits per heavy atom. The van der Waals surface area contributed by atoms with Gasteiger partial charge in [0.15, 0.2) is 0 Å². The second-order valence-corrected chi connectivity index (χ2v) is 9.59. The molecule has 4 aromatic rings. The minimum atomic E-state index is -0.189. The number of amides is 1. The van der Waals surface area contributed by atoms with E-state index in [0.29, 0.717) is 11.1 Å². The van der Waals surface area contributed by atoms with Crippen molar-refractivity contribution in [2.75, 3.05) is 0 Å². The van der Waals surface area contributed by atoms with Crippen molar-refractivity contribution in [2.45, 2.75) is 67.0 Å². The van der Waals surface area contributed by atoms with Crippen LogP contribution in [0, 0.1) is 20.8 Å². The van der Waals surface area contributed by atoms with Gasteiger partial charge in [-0.25, -0.2) is 0 Å². The number of H-pyrrole nitrogens is 1. The summed E-state index contributed by atoms with van der Waals surface area (Å²) in [5, 5.41) is 3.98. The molecule has 0 fully saturated rings. The van der Waals surface area contributed by atoms with Crippen molar-refractivity contribution in [2.24, 2.45) is 0 Å². The molecule has 4 rings (SSSR count). The summed E-state index contributed by atoms with van der Waals surface area (Å²) < 4.78 is 2.21. The van der Waals surface area contributed by atoms with Crippen LogP contribution in [0.25, 0.3) is 22.0 Å². The molecule has 3 heterocycles. The molecular formula is C29H34N4O2. The van der Waals surface area contributed by atoms with Gasteiger partial charge in [0.25, 0.3) is 11.5 Å². The second kappa shape index (κ2) is 9.90. The molecule has 2 N–H and O–H groups in total. The fourth-order valence-electron chi connectivity index (χ4n) is 4.87. The van der Waals surface area contributed by atoms with Crippen LogP contribution in [0.5, 0.6) is 0 Å². The Balaban J connectivity index is 1.81. The molecule has 1 aromatic carbocycles. The number of carbonyl (C=O) groups is 1. The Morgan fingerprint density at radius 3 is 2.63 bits per heavy atom. The molecule has 0 saturated carbocycles. The van der Waals surface area contributed by atoms with Crippen LogP contribution in [0.3, 0.4) is 0 Å². The third-order valence-electron chi connectivity index (χ3n) is 6.55. The van der Waals surface area contributed by atoms with Gasteiger partial charge in [-0.05, 0) is 82.0 Å². The second-order valence-electron chi connectivity index (χ2n) is 9.59. The van der Waals surface area contributed by atoms with Crippen molar-refractivity contribution >= 4 is 16.8 Å². The van der Waals surface area contributed by atoms with Crippen molar-refractivity contribution in [1.82, 2.24) is 19.9 Å². The number of fused-ring (bicyclic) bond motifs is 1. The van der Waals surface area contributed by atoms with Gasteiger partial charge in [0.05, 0.1) is 0 Å². The first-order valence-electron chi connectivity index (χ1n) is 12.3. The first kappa shape index (κ1) is 24.5. The zero-order valence-electron chi connectivity index (χ0n) is 21.5. The summed E-state index contributed by atoms with van der Waals surface area (Å²) in [6, 6.07) is 10.3. The highest BCUT2D eigenvalue weighted by molar-refractivity contribution is 6.09. The number of aromatic amines is 1. The lowest BCUT2D eigenvalue weighted by atomic mass is 9.97. The molecule has 3 aromatic heterocycles. The molecule has 0 radical (unpaired) electrons. The van der Waals surface area contributed by atoms with Crippen molar-refractivity contribution in [3.63, 3.8) is 0 Å². The van der Waals surface area contributed by atoms with E-state index in [2.05, 4.69) is 52.9 Å². The highest BCUT2D eigenvalue weighted by Crippen LogP contribution is 2.33. The third kappa shape index (κ3) is 4.78. The largest absolute Gasteiger partial charge is 0.348 e. The Labute approximate surface area is 206 Å². The SMILES string of the molecule is CCCc1cc(C)[nH]c(=O)c1CNC(=O)c1cc(-c2cccnc2C)cc2c1c(C)cn2C(C)C. The van der Waals surface area contributed by atoms with E-state index in [0.717, 1.165) is 57.4 Å². The van der Waals surface area contributed by atoms with E-state index in [9.17, 15) is 9.59 Å². The quantitative estimate of drug-likeness (QED) is 0.359. The van der Waals surface area contributed by atoms with Crippen molar-refractivity contribution in [1.29, 1.82) is 0 Å². The summed E-state index contributed by atoms with van der Waals surface area (Å²) in [6.45, 7) is 12.4. The van der Waals surface area contributed by atoms with Crippen molar-refractivity contribution in [3.8, 4) is 11.1 Å². The first-order valence-corrected chi connectivity index (χ1v) is 12.3. The number of benzene rings is 1. The van der Waals surface area contributed by atoms with E-state index >= 15 is 0 Å². The van der Waals surface area contributed by atoms with Gasteiger partial charge in [-0.2, -0.15) is 0 Å². The minimum Gasteiger partial charge on any atom is -0.348 e. The van der Waals surface area contributed by atoms with Gasteiger partial charge in [0, 0.05) is 64.0 Å². The number of rotatable bonds is 7. The molecule has 0 atom stereocenters. The molecule has 6 nitrogen and oxygen atoms in total. The van der Waals surface area contributed by atoms with Crippen LogP contribution in [0.15, 0.2) is 47.5 Å². The molecule has 1 amide bonds. The van der Waals surface area contributed by atoms with E-state index < -0.39 is 0 Å². The van der Waals surface area contributed by atoms with Crippen LogP contribution >= 0.6 is 0 Å². The Morgan fingerprint density at radius 2 is 1.94 bits per heavy atom. The zero-order chi connectivity index (χ0) is 25.3. The number of carbonyl (C=O) groups excluding carboxylic acids is 1. The molecule has 0 saturated heterocycles. The third-order valence-corrected chi connectivity index (χ3v) is 6.55. The molecule has 0 aliphatic heterocycles. The maximum Gasteiger partial charge on any atom is 0.253 e. The monoisotopic (exact) mass is 470 g/mol. The Bertz CT molecular complexity index is 1460. The van der Waals surface area contributed by atoms with Crippen LogP contribution in [-0.2, 0) is 13.0 Å². The van der Waals surface area contributed by atoms with Gasteiger partial charge < -0.3 is 14.9 Å². The molecule has 182 valence electrons. The smallest absolute Gasteiger partial charge is 0.253 e. The van der Waals surface area contributed by atoms with E-state index in [-0.39, 0.29) is 24.1 Å². The highest BCUT2D eigenvalue weighted by atomic mass is 16.1. The molecule has 0 spiro atoms. The van der Waals surface area contributed by atoms with Crippen LogP contribution < -0.4 is 10.9 Å². The normalized spacial score (nSPS) is 11.4. The van der Waals surface area contributed by atoms with Gasteiger partial charge in [-0.1, -0.05) is 19.4 Å². The fourth-order valence-corrected chi connectivity index (χ4v) is 4.87. The Hall–Kier alpha value is -3.67. The zero-order valence-corrected chi connectivity index (χ0v) is 21.5. The van der Waals surface area contributed by atoms with Crippen LogP contribution in [-0.4, -0.2) is 20.4 Å².